The van der Waals surface area contributed by atoms with E-state index in [2.05, 4.69) is 34.2 Å². The third-order valence-corrected chi connectivity index (χ3v) is 3.05. The van der Waals surface area contributed by atoms with Crippen molar-refractivity contribution in [3.8, 4) is 0 Å². The van der Waals surface area contributed by atoms with E-state index in [1.54, 1.807) is 0 Å². The Morgan fingerprint density at radius 2 is 1.95 bits per heavy atom. The third kappa shape index (κ3) is 3.19. The van der Waals surface area contributed by atoms with Gasteiger partial charge in [0.2, 0.25) is 17.7 Å². The van der Waals surface area contributed by atoms with Crippen LogP contribution in [0.5, 0.6) is 0 Å². The van der Waals surface area contributed by atoms with Crippen molar-refractivity contribution in [3.05, 3.63) is 23.5 Å². The normalized spacial score (nSPS) is 12.3. The molecule has 0 saturated heterocycles. The van der Waals surface area contributed by atoms with Crippen LogP contribution in [0, 0.1) is 6.92 Å². The molecule has 19 heavy (non-hydrogen) atoms. The highest BCUT2D eigenvalue weighted by Crippen LogP contribution is 2.27. The van der Waals surface area contributed by atoms with Gasteiger partial charge in [-0.1, -0.05) is 32.9 Å². The summed E-state index contributed by atoms with van der Waals surface area (Å²) >= 11 is 0. The number of aryl methyl sites for hydroxylation is 2. The Hall–Kier alpha value is -1.72. The zero-order chi connectivity index (χ0) is 14.0. The molecule has 2 aromatic heterocycles. The molecule has 104 valence electrons. The molecule has 0 fully saturated rings. The van der Waals surface area contributed by atoms with Gasteiger partial charge in [-0.05, 0) is 13.3 Å². The summed E-state index contributed by atoms with van der Waals surface area (Å²) in [5.74, 6) is 2.90. The molecule has 2 heterocycles. The maximum atomic E-state index is 5.59. The van der Waals surface area contributed by atoms with Crippen LogP contribution in [0.3, 0.4) is 0 Å². The number of rotatable bonds is 5. The first-order chi connectivity index (χ1) is 8.88. The van der Waals surface area contributed by atoms with Crippen LogP contribution in [-0.4, -0.2) is 20.3 Å². The number of hydrogen-bond donors (Lipinski definition) is 0. The Bertz CT molecular complexity index is 542. The smallest absolute Gasteiger partial charge is 0.232 e. The Morgan fingerprint density at radius 3 is 2.47 bits per heavy atom. The summed E-state index contributed by atoms with van der Waals surface area (Å²) in [6.45, 7) is 10.0. The van der Waals surface area contributed by atoms with Crippen molar-refractivity contribution in [2.45, 2.75) is 58.8 Å². The molecule has 0 aromatic carbocycles. The maximum Gasteiger partial charge on any atom is 0.232 e. The molecule has 0 unspecified atom stereocenters. The van der Waals surface area contributed by atoms with E-state index in [1.807, 2.05) is 20.8 Å². The third-order valence-electron chi connectivity index (χ3n) is 3.05. The van der Waals surface area contributed by atoms with E-state index in [1.165, 1.54) is 0 Å². The summed E-state index contributed by atoms with van der Waals surface area (Å²) in [4.78, 5) is 4.28. The van der Waals surface area contributed by atoms with Gasteiger partial charge in [0.05, 0.1) is 0 Å². The lowest BCUT2D eigenvalue weighted by molar-refractivity contribution is 0.288. The fourth-order valence-electron chi connectivity index (χ4n) is 1.70. The van der Waals surface area contributed by atoms with Crippen LogP contribution >= 0.6 is 0 Å². The highest BCUT2D eigenvalue weighted by atomic mass is 16.5. The van der Waals surface area contributed by atoms with E-state index in [9.17, 15) is 0 Å². The first-order valence-corrected chi connectivity index (χ1v) is 6.51. The highest BCUT2D eigenvalue weighted by Gasteiger charge is 2.28. The molecule has 0 N–H and O–H groups in total. The molecule has 0 radical (unpaired) electrons. The standard InChI is InChI=1S/C13H20N4O2/c1-8(2)11-16-15-10(18-11)6-7-13(4,5)12-14-9(3)17-19-12/h8H,6-7H2,1-5H3. The lowest BCUT2D eigenvalue weighted by atomic mass is 9.87. The zero-order valence-electron chi connectivity index (χ0n) is 12.1. The summed E-state index contributed by atoms with van der Waals surface area (Å²) in [5.41, 5.74) is -0.201. The Balaban J connectivity index is 2.00. The van der Waals surface area contributed by atoms with Crippen LogP contribution < -0.4 is 0 Å². The summed E-state index contributed by atoms with van der Waals surface area (Å²) in [7, 11) is 0. The van der Waals surface area contributed by atoms with Gasteiger partial charge < -0.3 is 8.94 Å². The average molecular weight is 264 g/mol. The second kappa shape index (κ2) is 5.11. The van der Waals surface area contributed by atoms with Crippen molar-refractivity contribution in [1.82, 2.24) is 20.3 Å². The monoisotopic (exact) mass is 264 g/mol. The molecule has 0 atom stereocenters. The second-order valence-electron chi connectivity index (χ2n) is 5.72. The van der Waals surface area contributed by atoms with Gasteiger partial charge in [-0.2, -0.15) is 4.98 Å². The predicted octanol–water partition coefficient (Wildman–Crippen LogP) is 2.79. The highest BCUT2D eigenvalue weighted by molar-refractivity contribution is 5.01. The van der Waals surface area contributed by atoms with Crippen molar-refractivity contribution < 1.29 is 8.94 Å². The average Bonchev–Trinajstić information content (AvgIpc) is 2.95. The number of hydrogen-bond acceptors (Lipinski definition) is 6. The van der Waals surface area contributed by atoms with E-state index in [0.717, 1.165) is 6.42 Å². The molecule has 0 aliphatic heterocycles. The minimum atomic E-state index is -0.201. The molecular weight excluding hydrogens is 244 g/mol. The Labute approximate surface area is 112 Å². The quantitative estimate of drug-likeness (QED) is 0.826. The van der Waals surface area contributed by atoms with Gasteiger partial charge in [-0.15, -0.1) is 10.2 Å². The Kier molecular flexibility index (Phi) is 3.68. The van der Waals surface area contributed by atoms with Crippen molar-refractivity contribution in [2.24, 2.45) is 0 Å². The van der Waals surface area contributed by atoms with Crippen LogP contribution in [0.15, 0.2) is 8.94 Å². The lowest BCUT2D eigenvalue weighted by Crippen LogP contribution is -2.18. The summed E-state index contributed by atoms with van der Waals surface area (Å²) < 4.78 is 10.8. The number of nitrogens with zero attached hydrogens (tertiary/aromatic N) is 4. The van der Waals surface area contributed by atoms with Crippen LogP contribution in [-0.2, 0) is 11.8 Å². The fourth-order valence-corrected chi connectivity index (χ4v) is 1.70. The molecular formula is C13H20N4O2. The van der Waals surface area contributed by atoms with Crippen molar-refractivity contribution in [2.75, 3.05) is 0 Å². The van der Waals surface area contributed by atoms with Crippen molar-refractivity contribution >= 4 is 0 Å². The van der Waals surface area contributed by atoms with Crippen molar-refractivity contribution in [3.63, 3.8) is 0 Å². The lowest BCUT2D eigenvalue weighted by Gasteiger charge is -2.18. The minimum Gasteiger partial charge on any atom is -0.425 e. The van der Waals surface area contributed by atoms with Gasteiger partial charge in [0.15, 0.2) is 5.82 Å². The minimum absolute atomic E-state index is 0.201. The first-order valence-electron chi connectivity index (χ1n) is 6.51. The van der Waals surface area contributed by atoms with E-state index in [4.69, 9.17) is 8.94 Å². The molecule has 0 spiro atoms. The van der Waals surface area contributed by atoms with E-state index < -0.39 is 0 Å². The van der Waals surface area contributed by atoms with Gasteiger partial charge in [0.1, 0.15) is 0 Å². The van der Waals surface area contributed by atoms with E-state index >= 15 is 0 Å². The Morgan fingerprint density at radius 1 is 1.21 bits per heavy atom. The molecule has 2 rings (SSSR count). The van der Waals surface area contributed by atoms with Crippen LogP contribution in [0.2, 0.25) is 0 Å². The molecule has 0 bridgehead atoms. The summed E-state index contributed by atoms with van der Waals surface area (Å²) in [6.07, 6.45) is 1.52. The molecule has 0 aliphatic carbocycles. The van der Waals surface area contributed by atoms with Crippen LogP contribution in [0.1, 0.15) is 63.5 Å². The number of aromatic nitrogens is 4. The van der Waals surface area contributed by atoms with Crippen LogP contribution in [0.4, 0.5) is 0 Å². The first kappa shape index (κ1) is 13.7. The zero-order valence-corrected chi connectivity index (χ0v) is 12.1. The topological polar surface area (TPSA) is 77.8 Å². The second-order valence-corrected chi connectivity index (χ2v) is 5.72. The molecule has 6 heteroatoms. The maximum absolute atomic E-state index is 5.59. The van der Waals surface area contributed by atoms with Gasteiger partial charge in [-0.25, -0.2) is 0 Å². The van der Waals surface area contributed by atoms with Crippen LogP contribution in [0.25, 0.3) is 0 Å². The largest absolute Gasteiger partial charge is 0.425 e. The van der Waals surface area contributed by atoms with Gasteiger partial charge in [0, 0.05) is 17.8 Å². The van der Waals surface area contributed by atoms with Gasteiger partial charge in [-0.3, -0.25) is 0 Å². The molecule has 2 aromatic rings. The van der Waals surface area contributed by atoms with Gasteiger partial charge >= 0.3 is 0 Å². The fraction of sp³-hybridized carbons (Fsp3) is 0.692. The van der Waals surface area contributed by atoms with E-state index in [-0.39, 0.29) is 11.3 Å². The SMILES string of the molecule is Cc1noc(C(C)(C)CCc2nnc(C(C)C)o2)n1. The summed E-state index contributed by atoms with van der Waals surface area (Å²) in [5, 5.41) is 11.9. The molecule has 6 nitrogen and oxygen atoms in total. The molecule has 0 amide bonds. The predicted molar refractivity (Wildman–Crippen MR) is 68.8 cm³/mol. The van der Waals surface area contributed by atoms with Crippen molar-refractivity contribution in [1.29, 1.82) is 0 Å². The van der Waals surface area contributed by atoms with Gasteiger partial charge in [0.25, 0.3) is 0 Å². The van der Waals surface area contributed by atoms with E-state index in [0.29, 0.717) is 29.9 Å². The molecule has 0 saturated carbocycles. The summed E-state index contributed by atoms with van der Waals surface area (Å²) in [6, 6.07) is 0. The molecule has 0 aliphatic rings.